The largest absolute Gasteiger partial charge is 0.480 e. The molecule has 0 bridgehead atoms. The van der Waals surface area contributed by atoms with E-state index in [0.717, 1.165) is 0 Å². The van der Waals surface area contributed by atoms with Crippen molar-refractivity contribution in [3.05, 3.63) is 0 Å². The Kier molecular flexibility index (Phi) is 6.57. The number of carboxylic acids is 1. The van der Waals surface area contributed by atoms with Crippen LogP contribution in [0.2, 0.25) is 0 Å². The van der Waals surface area contributed by atoms with Crippen LogP contribution in [0.3, 0.4) is 0 Å². The number of halogens is 1. The van der Waals surface area contributed by atoms with Gasteiger partial charge in [-0.2, -0.15) is 12.6 Å². The fourth-order valence-electron chi connectivity index (χ4n) is 0. The van der Waals surface area contributed by atoms with Crippen LogP contribution in [0.1, 0.15) is 6.92 Å². The van der Waals surface area contributed by atoms with E-state index in [1.165, 1.54) is 6.92 Å². The summed E-state index contributed by atoms with van der Waals surface area (Å²) in [6, 6.07) is 0. The number of carbonyl (C=O) groups is 1. The quantitative estimate of drug-likeness (QED) is 0.600. The van der Waals surface area contributed by atoms with Crippen molar-refractivity contribution in [3.8, 4) is 0 Å². The Hall–Kier alpha value is 0.300. The summed E-state index contributed by atoms with van der Waals surface area (Å²) in [5, 5.41) is 7.38. The van der Waals surface area contributed by atoms with Gasteiger partial charge in [-0.1, -0.05) is 0 Å². The van der Waals surface area contributed by atoms with E-state index >= 15 is 0 Å². The molecule has 7 heavy (non-hydrogen) atoms. The van der Waals surface area contributed by atoms with Crippen LogP contribution in [-0.2, 0) is 4.79 Å². The normalized spacial score (nSPS) is 11.7. The summed E-state index contributed by atoms with van der Waals surface area (Å²) < 4.78 is 0. The third-order valence-electron chi connectivity index (χ3n) is 0.357. The lowest BCUT2D eigenvalue weighted by atomic mass is 10.5. The van der Waals surface area contributed by atoms with Crippen LogP contribution in [0, 0.1) is 0 Å². The van der Waals surface area contributed by atoms with Crippen molar-refractivity contribution in [1.29, 1.82) is 0 Å². The molecule has 0 aliphatic heterocycles. The SMILES string of the molecule is Br.CC(S)C(=O)O. The molecule has 0 aliphatic rings. The van der Waals surface area contributed by atoms with Gasteiger partial charge in [-0.3, -0.25) is 4.79 Å². The standard InChI is InChI=1S/C3H6O2S.BrH/c1-2(6)3(4)5;/h2,6H,1H3,(H,4,5);1H. The molecule has 0 spiro atoms. The Labute approximate surface area is 58.1 Å². The summed E-state index contributed by atoms with van der Waals surface area (Å²) in [7, 11) is 0. The molecular weight excluding hydrogens is 180 g/mol. The van der Waals surface area contributed by atoms with E-state index in [9.17, 15) is 4.79 Å². The molecule has 0 fully saturated rings. The smallest absolute Gasteiger partial charge is 0.316 e. The summed E-state index contributed by atoms with van der Waals surface area (Å²) in [4.78, 5) is 9.62. The van der Waals surface area contributed by atoms with Gasteiger partial charge >= 0.3 is 5.97 Å². The molecule has 0 aromatic carbocycles. The maximum absolute atomic E-state index is 9.62. The minimum absolute atomic E-state index is 0. The van der Waals surface area contributed by atoms with Crippen LogP contribution in [0.25, 0.3) is 0 Å². The summed E-state index contributed by atoms with van der Waals surface area (Å²) in [5.74, 6) is -0.877. The van der Waals surface area contributed by atoms with E-state index in [4.69, 9.17) is 5.11 Å². The first-order chi connectivity index (χ1) is 2.64. The van der Waals surface area contributed by atoms with E-state index in [-0.39, 0.29) is 17.0 Å². The summed E-state index contributed by atoms with van der Waals surface area (Å²) in [6.07, 6.45) is 0. The summed E-state index contributed by atoms with van der Waals surface area (Å²) in [5.41, 5.74) is 0. The van der Waals surface area contributed by atoms with E-state index in [1.54, 1.807) is 0 Å². The van der Waals surface area contributed by atoms with Crippen LogP contribution in [-0.4, -0.2) is 16.3 Å². The zero-order valence-corrected chi connectivity index (χ0v) is 6.40. The van der Waals surface area contributed by atoms with Crippen LogP contribution in [0.15, 0.2) is 0 Å². The van der Waals surface area contributed by atoms with Gasteiger partial charge in [-0.15, -0.1) is 17.0 Å². The maximum Gasteiger partial charge on any atom is 0.316 e. The topological polar surface area (TPSA) is 37.3 Å². The first-order valence-electron chi connectivity index (χ1n) is 1.55. The predicted octanol–water partition coefficient (Wildman–Crippen LogP) is 0.967. The number of rotatable bonds is 1. The first-order valence-corrected chi connectivity index (χ1v) is 2.07. The van der Waals surface area contributed by atoms with Crippen molar-refractivity contribution in [3.63, 3.8) is 0 Å². The molecule has 0 saturated heterocycles. The van der Waals surface area contributed by atoms with Gasteiger partial charge in [0.05, 0.1) is 5.25 Å². The van der Waals surface area contributed by atoms with E-state index < -0.39 is 11.2 Å². The maximum atomic E-state index is 9.62. The molecule has 44 valence electrons. The highest BCUT2D eigenvalue weighted by atomic mass is 79.9. The van der Waals surface area contributed by atoms with Crippen molar-refractivity contribution in [2.45, 2.75) is 12.2 Å². The van der Waals surface area contributed by atoms with Crippen molar-refractivity contribution in [1.82, 2.24) is 0 Å². The summed E-state index contributed by atoms with van der Waals surface area (Å²) >= 11 is 3.59. The van der Waals surface area contributed by atoms with Gasteiger partial charge in [0.1, 0.15) is 0 Å². The lowest BCUT2D eigenvalue weighted by Crippen LogP contribution is -2.06. The van der Waals surface area contributed by atoms with E-state index in [1.807, 2.05) is 0 Å². The predicted molar refractivity (Wildman–Crippen MR) is 36.4 cm³/mol. The highest BCUT2D eigenvalue weighted by Crippen LogP contribution is 1.88. The average molecular weight is 187 g/mol. The molecule has 4 heteroatoms. The van der Waals surface area contributed by atoms with Crippen molar-refractivity contribution < 1.29 is 9.90 Å². The Bertz CT molecular complexity index is 64.0. The van der Waals surface area contributed by atoms with Crippen LogP contribution >= 0.6 is 29.6 Å². The fourth-order valence-corrected chi connectivity index (χ4v) is 0. The van der Waals surface area contributed by atoms with Gasteiger partial charge in [0.15, 0.2) is 0 Å². The van der Waals surface area contributed by atoms with Crippen LogP contribution in [0.4, 0.5) is 0 Å². The van der Waals surface area contributed by atoms with Crippen LogP contribution < -0.4 is 0 Å². The molecule has 1 atom stereocenters. The van der Waals surface area contributed by atoms with Gasteiger partial charge < -0.3 is 5.11 Å². The second kappa shape index (κ2) is 4.46. The molecule has 2 nitrogen and oxygen atoms in total. The number of hydrogen-bond acceptors (Lipinski definition) is 2. The summed E-state index contributed by atoms with van der Waals surface area (Å²) in [6.45, 7) is 1.51. The monoisotopic (exact) mass is 186 g/mol. The molecule has 0 heterocycles. The Balaban J connectivity index is 0. The number of carboxylic acid groups (broad SMARTS) is 1. The Morgan fingerprint density at radius 2 is 2.00 bits per heavy atom. The molecule has 1 unspecified atom stereocenters. The second-order valence-corrected chi connectivity index (χ2v) is 1.79. The molecule has 0 rings (SSSR count). The average Bonchev–Trinajstić information content (AvgIpc) is 1.36. The van der Waals surface area contributed by atoms with Crippen molar-refractivity contribution >= 4 is 35.6 Å². The molecule has 0 amide bonds. The highest BCUT2D eigenvalue weighted by molar-refractivity contribution is 8.93. The number of hydrogen-bond donors (Lipinski definition) is 2. The minimum atomic E-state index is -0.877. The van der Waals surface area contributed by atoms with Gasteiger partial charge in [0.25, 0.3) is 0 Å². The molecule has 0 aromatic rings. The van der Waals surface area contributed by atoms with Gasteiger partial charge in [-0.05, 0) is 6.92 Å². The molecular formula is C3H7BrO2S. The fraction of sp³-hybridized carbons (Fsp3) is 0.667. The third kappa shape index (κ3) is 6.30. The minimum Gasteiger partial charge on any atom is -0.480 e. The Morgan fingerprint density at radius 3 is 2.00 bits per heavy atom. The second-order valence-electron chi connectivity index (χ2n) is 1.01. The lowest BCUT2D eigenvalue weighted by Gasteiger charge is -1.88. The first kappa shape index (κ1) is 10.3. The molecule has 0 aliphatic carbocycles. The molecule has 0 aromatic heterocycles. The zero-order chi connectivity index (χ0) is 5.15. The zero-order valence-electron chi connectivity index (χ0n) is 3.79. The lowest BCUT2D eigenvalue weighted by molar-refractivity contribution is -0.136. The number of aliphatic carboxylic acids is 1. The van der Waals surface area contributed by atoms with E-state index in [0.29, 0.717) is 0 Å². The Morgan fingerprint density at radius 1 is 1.86 bits per heavy atom. The van der Waals surface area contributed by atoms with Gasteiger partial charge in [-0.25, -0.2) is 0 Å². The van der Waals surface area contributed by atoms with Gasteiger partial charge in [0, 0.05) is 0 Å². The van der Waals surface area contributed by atoms with Crippen LogP contribution in [0.5, 0.6) is 0 Å². The third-order valence-corrected chi connectivity index (χ3v) is 0.578. The molecule has 0 saturated carbocycles. The van der Waals surface area contributed by atoms with Gasteiger partial charge in [0.2, 0.25) is 0 Å². The molecule has 1 N–H and O–H groups in total. The molecule has 0 radical (unpaired) electrons. The van der Waals surface area contributed by atoms with E-state index in [2.05, 4.69) is 12.6 Å². The highest BCUT2D eigenvalue weighted by Gasteiger charge is 2.00. The van der Waals surface area contributed by atoms with Crippen molar-refractivity contribution in [2.75, 3.05) is 0 Å². The number of thiol groups is 1. The van der Waals surface area contributed by atoms with Crippen molar-refractivity contribution in [2.24, 2.45) is 0 Å².